The van der Waals surface area contributed by atoms with Crippen molar-refractivity contribution >= 4 is 11.6 Å². The molecule has 0 aliphatic carbocycles. The third kappa shape index (κ3) is 3.08. The molecule has 0 fully saturated rings. The molecule has 0 saturated carbocycles. The summed E-state index contributed by atoms with van der Waals surface area (Å²) < 4.78 is 0. The van der Waals surface area contributed by atoms with Gasteiger partial charge in [-0.25, -0.2) is 4.98 Å². The maximum atomic E-state index is 4.56. The summed E-state index contributed by atoms with van der Waals surface area (Å²) in [5.41, 5.74) is 0. The molecule has 1 heterocycles. The predicted octanol–water partition coefficient (Wildman–Crippen LogP) is 2.53. The van der Waals surface area contributed by atoms with E-state index in [1.807, 2.05) is 6.20 Å². The van der Waals surface area contributed by atoms with Crippen molar-refractivity contribution in [1.29, 1.82) is 0 Å². The highest BCUT2D eigenvalue weighted by Gasteiger charge is 2.12. The summed E-state index contributed by atoms with van der Waals surface area (Å²) in [6.45, 7) is 10.4. The van der Waals surface area contributed by atoms with Gasteiger partial charge in [-0.15, -0.1) is 0 Å². The molecule has 90 valence electrons. The summed E-state index contributed by atoms with van der Waals surface area (Å²) in [4.78, 5) is 11.0. The Morgan fingerprint density at radius 1 is 1.31 bits per heavy atom. The van der Waals surface area contributed by atoms with Gasteiger partial charge in [-0.2, -0.15) is 0 Å². The zero-order valence-electron chi connectivity index (χ0n) is 10.7. The van der Waals surface area contributed by atoms with E-state index in [2.05, 4.69) is 47.9 Å². The summed E-state index contributed by atoms with van der Waals surface area (Å²) in [6, 6.07) is 0.496. The molecule has 1 aromatic heterocycles. The Bertz CT molecular complexity index is 314. The van der Waals surface area contributed by atoms with Gasteiger partial charge in [0.15, 0.2) is 0 Å². The van der Waals surface area contributed by atoms with Crippen molar-refractivity contribution < 1.29 is 0 Å². The van der Waals surface area contributed by atoms with Crippen molar-refractivity contribution in [3.63, 3.8) is 0 Å². The standard InChI is InChI=1S/C12H22N4/c1-5-10(4)16(7-3)12-9-13-8-11(15-12)14-6-2/h8-10H,5-7H2,1-4H3,(H,14,15). The summed E-state index contributed by atoms with van der Waals surface area (Å²) in [6.07, 6.45) is 4.70. The normalized spacial score (nSPS) is 12.2. The van der Waals surface area contributed by atoms with Crippen LogP contribution in [0.25, 0.3) is 0 Å². The van der Waals surface area contributed by atoms with Crippen LogP contribution in [0.15, 0.2) is 12.4 Å². The highest BCUT2D eigenvalue weighted by Crippen LogP contribution is 2.16. The van der Waals surface area contributed by atoms with Gasteiger partial charge in [-0.1, -0.05) is 6.92 Å². The van der Waals surface area contributed by atoms with Crippen molar-refractivity contribution in [2.75, 3.05) is 23.3 Å². The summed E-state index contributed by atoms with van der Waals surface area (Å²) in [5, 5.41) is 3.18. The topological polar surface area (TPSA) is 41.1 Å². The van der Waals surface area contributed by atoms with Gasteiger partial charge in [0, 0.05) is 19.1 Å². The van der Waals surface area contributed by atoms with Crippen LogP contribution in [-0.2, 0) is 0 Å². The van der Waals surface area contributed by atoms with Crippen molar-refractivity contribution in [3.8, 4) is 0 Å². The number of nitrogens with zero attached hydrogens (tertiary/aromatic N) is 3. The molecule has 0 amide bonds. The molecule has 0 saturated heterocycles. The molecular formula is C12H22N4. The van der Waals surface area contributed by atoms with Gasteiger partial charge in [-0.3, -0.25) is 4.98 Å². The van der Waals surface area contributed by atoms with E-state index in [1.165, 1.54) is 0 Å². The van der Waals surface area contributed by atoms with Gasteiger partial charge in [0.1, 0.15) is 11.6 Å². The Kier molecular flexibility index (Phi) is 5.02. The highest BCUT2D eigenvalue weighted by atomic mass is 15.2. The number of hydrogen-bond donors (Lipinski definition) is 1. The van der Waals surface area contributed by atoms with Crippen LogP contribution < -0.4 is 10.2 Å². The average molecular weight is 222 g/mol. The van der Waals surface area contributed by atoms with Crippen molar-refractivity contribution in [2.24, 2.45) is 0 Å². The third-order valence-corrected chi connectivity index (χ3v) is 2.74. The summed E-state index contributed by atoms with van der Waals surface area (Å²) in [5.74, 6) is 1.80. The lowest BCUT2D eigenvalue weighted by atomic mass is 10.2. The fourth-order valence-electron chi connectivity index (χ4n) is 1.68. The van der Waals surface area contributed by atoms with Crippen molar-refractivity contribution in [1.82, 2.24) is 9.97 Å². The number of rotatable bonds is 6. The van der Waals surface area contributed by atoms with Gasteiger partial charge >= 0.3 is 0 Å². The molecule has 0 aromatic carbocycles. The minimum Gasteiger partial charge on any atom is -0.369 e. The number of anilines is 2. The van der Waals surface area contributed by atoms with E-state index in [0.717, 1.165) is 31.1 Å². The number of aromatic nitrogens is 2. The summed E-state index contributed by atoms with van der Waals surface area (Å²) >= 11 is 0. The first-order chi connectivity index (χ1) is 7.72. The molecule has 1 unspecified atom stereocenters. The van der Waals surface area contributed by atoms with Crippen LogP contribution in [0.1, 0.15) is 34.1 Å². The van der Waals surface area contributed by atoms with Crippen molar-refractivity contribution in [3.05, 3.63) is 12.4 Å². The maximum Gasteiger partial charge on any atom is 0.149 e. The van der Waals surface area contributed by atoms with E-state index in [4.69, 9.17) is 0 Å². The molecule has 0 aliphatic rings. The Morgan fingerprint density at radius 3 is 2.62 bits per heavy atom. The first-order valence-corrected chi connectivity index (χ1v) is 6.05. The molecule has 1 rings (SSSR count). The lowest BCUT2D eigenvalue weighted by Gasteiger charge is -2.28. The SMILES string of the molecule is CCNc1cncc(N(CC)C(C)CC)n1. The van der Waals surface area contributed by atoms with Crippen LogP contribution >= 0.6 is 0 Å². The zero-order chi connectivity index (χ0) is 12.0. The quantitative estimate of drug-likeness (QED) is 0.803. The second-order valence-corrected chi connectivity index (χ2v) is 3.84. The van der Waals surface area contributed by atoms with Crippen LogP contribution in [-0.4, -0.2) is 29.1 Å². The lowest BCUT2D eigenvalue weighted by molar-refractivity contribution is 0.622. The van der Waals surface area contributed by atoms with E-state index in [1.54, 1.807) is 6.20 Å². The van der Waals surface area contributed by atoms with Crippen LogP contribution in [0.4, 0.5) is 11.6 Å². The molecule has 0 aliphatic heterocycles. The van der Waals surface area contributed by atoms with Crippen molar-refractivity contribution in [2.45, 2.75) is 40.2 Å². The van der Waals surface area contributed by atoms with Gasteiger partial charge in [0.05, 0.1) is 12.4 Å². The van der Waals surface area contributed by atoms with Gasteiger partial charge in [-0.05, 0) is 27.2 Å². The first kappa shape index (κ1) is 12.7. The van der Waals surface area contributed by atoms with Gasteiger partial charge < -0.3 is 10.2 Å². The molecule has 0 spiro atoms. The Morgan fingerprint density at radius 2 is 2.06 bits per heavy atom. The molecule has 16 heavy (non-hydrogen) atoms. The van der Waals surface area contributed by atoms with Gasteiger partial charge in [0.2, 0.25) is 0 Å². The lowest BCUT2D eigenvalue weighted by Crippen LogP contribution is -2.33. The first-order valence-electron chi connectivity index (χ1n) is 6.05. The molecule has 1 atom stereocenters. The third-order valence-electron chi connectivity index (χ3n) is 2.74. The average Bonchev–Trinajstić information content (AvgIpc) is 2.31. The fraction of sp³-hybridized carbons (Fsp3) is 0.667. The smallest absolute Gasteiger partial charge is 0.149 e. The molecule has 1 aromatic rings. The Hall–Kier alpha value is -1.32. The monoisotopic (exact) mass is 222 g/mol. The van der Waals surface area contributed by atoms with E-state index in [-0.39, 0.29) is 0 Å². The van der Waals surface area contributed by atoms with Crippen LogP contribution in [0.5, 0.6) is 0 Å². The predicted molar refractivity (Wildman–Crippen MR) is 69.0 cm³/mol. The van der Waals surface area contributed by atoms with Crippen LogP contribution in [0, 0.1) is 0 Å². The minimum absolute atomic E-state index is 0.496. The molecule has 4 heteroatoms. The minimum atomic E-state index is 0.496. The molecule has 0 bridgehead atoms. The Labute approximate surface area is 98.1 Å². The van der Waals surface area contributed by atoms with Crippen LogP contribution in [0.2, 0.25) is 0 Å². The largest absolute Gasteiger partial charge is 0.369 e. The molecular weight excluding hydrogens is 200 g/mol. The zero-order valence-corrected chi connectivity index (χ0v) is 10.7. The van der Waals surface area contributed by atoms with E-state index in [0.29, 0.717) is 6.04 Å². The fourth-order valence-corrected chi connectivity index (χ4v) is 1.68. The highest BCUT2D eigenvalue weighted by molar-refractivity contribution is 5.44. The summed E-state index contributed by atoms with van der Waals surface area (Å²) in [7, 11) is 0. The molecule has 1 N–H and O–H groups in total. The van der Waals surface area contributed by atoms with E-state index in [9.17, 15) is 0 Å². The number of nitrogens with one attached hydrogen (secondary N) is 1. The van der Waals surface area contributed by atoms with E-state index < -0.39 is 0 Å². The Balaban J connectivity index is 2.87. The van der Waals surface area contributed by atoms with E-state index >= 15 is 0 Å². The van der Waals surface area contributed by atoms with Crippen LogP contribution in [0.3, 0.4) is 0 Å². The molecule has 0 radical (unpaired) electrons. The second-order valence-electron chi connectivity index (χ2n) is 3.84. The number of hydrogen-bond acceptors (Lipinski definition) is 4. The second kappa shape index (κ2) is 6.30. The van der Waals surface area contributed by atoms with Gasteiger partial charge in [0.25, 0.3) is 0 Å². The maximum absolute atomic E-state index is 4.56. The molecule has 4 nitrogen and oxygen atoms in total.